The molecular weight excluding hydrogens is 496 g/mol. The molecule has 39 heavy (non-hydrogen) atoms. The number of aryl methyl sites for hydroxylation is 1. The maximum absolute atomic E-state index is 13.4. The van der Waals surface area contributed by atoms with Gasteiger partial charge in [-0.2, -0.15) is 0 Å². The molecule has 0 radical (unpaired) electrons. The third-order valence-electron chi connectivity index (χ3n) is 7.04. The minimum atomic E-state index is -0.692. The second-order valence-corrected chi connectivity index (χ2v) is 10.5. The van der Waals surface area contributed by atoms with Gasteiger partial charge in [-0.25, -0.2) is 0 Å². The lowest BCUT2D eigenvalue weighted by molar-refractivity contribution is -0.140. The van der Waals surface area contributed by atoms with E-state index in [-0.39, 0.29) is 11.3 Å². The lowest BCUT2D eigenvalue weighted by atomic mass is 9.94. The van der Waals surface area contributed by atoms with Crippen molar-refractivity contribution in [3.63, 3.8) is 0 Å². The topological polar surface area (TPSA) is 88.5 Å². The van der Waals surface area contributed by atoms with Crippen molar-refractivity contribution in [2.75, 3.05) is 52.6 Å². The Hall–Kier alpha value is -3.36. The predicted molar refractivity (Wildman–Crippen MR) is 150 cm³/mol. The van der Waals surface area contributed by atoms with Crippen molar-refractivity contribution >= 4 is 17.4 Å². The summed E-state index contributed by atoms with van der Waals surface area (Å²) >= 11 is 0. The van der Waals surface area contributed by atoms with Gasteiger partial charge in [0.05, 0.1) is 38.0 Å². The first-order chi connectivity index (χ1) is 18.8. The first kappa shape index (κ1) is 28.6. The highest BCUT2D eigenvalue weighted by Crippen LogP contribution is 2.40. The molecule has 0 unspecified atom stereocenters. The van der Waals surface area contributed by atoms with Gasteiger partial charge in [-0.15, -0.1) is 0 Å². The van der Waals surface area contributed by atoms with E-state index in [4.69, 9.17) is 14.2 Å². The molecule has 2 heterocycles. The highest BCUT2D eigenvalue weighted by Gasteiger charge is 2.45. The zero-order valence-corrected chi connectivity index (χ0v) is 23.4. The molecule has 2 aliphatic heterocycles. The van der Waals surface area contributed by atoms with Gasteiger partial charge in [0.25, 0.3) is 11.7 Å². The summed E-state index contributed by atoms with van der Waals surface area (Å²) in [4.78, 5) is 30.6. The molecule has 8 heteroatoms. The molecule has 0 bridgehead atoms. The average molecular weight is 537 g/mol. The van der Waals surface area contributed by atoms with E-state index in [2.05, 4.69) is 18.7 Å². The Kier molecular flexibility index (Phi) is 9.64. The number of ketones is 1. The fourth-order valence-corrected chi connectivity index (χ4v) is 5.03. The van der Waals surface area contributed by atoms with E-state index in [1.807, 2.05) is 38.1 Å². The number of hydrogen-bond donors (Lipinski definition) is 1. The maximum Gasteiger partial charge on any atom is 0.295 e. The van der Waals surface area contributed by atoms with Crippen molar-refractivity contribution in [2.45, 2.75) is 40.2 Å². The predicted octanol–water partition coefficient (Wildman–Crippen LogP) is 4.57. The number of carbonyl (C=O) groups excluding carboxylic acids is 2. The van der Waals surface area contributed by atoms with E-state index in [0.29, 0.717) is 56.6 Å². The largest absolute Gasteiger partial charge is 0.507 e. The molecule has 0 saturated carbocycles. The average Bonchev–Trinajstić information content (AvgIpc) is 3.18. The number of Topliss-reactive ketones (excluding diaryl/α,β-unsaturated/α-hetero) is 1. The molecule has 2 saturated heterocycles. The highest BCUT2D eigenvalue weighted by atomic mass is 16.5. The van der Waals surface area contributed by atoms with E-state index in [1.54, 1.807) is 23.1 Å². The number of likely N-dealkylation sites (tertiary alicyclic amines) is 1. The van der Waals surface area contributed by atoms with Gasteiger partial charge in [-0.05, 0) is 67.6 Å². The summed E-state index contributed by atoms with van der Waals surface area (Å²) < 4.78 is 16.9. The number of benzene rings is 2. The van der Waals surface area contributed by atoms with Gasteiger partial charge in [0.2, 0.25) is 0 Å². The van der Waals surface area contributed by atoms with E-state index in [0.717, 1.165) is 36.5 Å². The minimum absolute atomic E-state index is 0.103. The molecule has 2 aromatic carbocycles. The smallest absolute Gasteiger partial charge is 0.295 e. The summed E-state index contributed by atoms with van der Waals surface area (Å²) in [5.41, 5.74) is 2.17. The van der Waals surface area contributed by atoms with Crippen LogP contribution < -0.4 is 9.47 Å². The Morgan fingerprint density at radius 2 is 1.77 bits per heavy atom. The molecule has 8 nitrogen and oxygen atoms in total. The first-order valence-electron chi connectivity index (χ1n) is 13.8. The second kappa shape index (κ2) is 13.1. The van der Waals surface area contributed by atoms with Gasteiger partial charge < -0.3 is 24.2 Å². The Labute approximate surface area is 231 Å². The van der Waals surface area contributed by atoms with E-state index in [1.165, 1.54) is 0 Å². The molecular formula is C31H40N2O6. The van der Waals surface area contributed by atoms with Crippen LogP contribution in [0.5, 0.6) is 11.5 Å². The van der Waals surface area contributed by atoms with Gasteiger partial charge >= 0.3 is 0 Å². The highest BCUT2D eigenvalue weighted by molar-refractivity contribution is 6.46. The van der Waals surface area contributed by atoms with Crippen LogP contribution >= 0.6 is 0 Å². The Balaban J connectivity index is 1.66. The molecule has 0 aliphatic carbocycles. The fourth-order valence-electron chi connectivity index (χ4n) is 5.03. The van der Waals surface area contributed by atoms with Gasteiger partial charge in [0.15, 0.2) is 0 Å². The zero-order valence-electron chi connectivity index (χ0n) is 23.4. The van der Waals surface area contributed by atoms with Crippen LogP contribution in [0.3, 0.4) is 0 Å². The molecule has 2 aromatic rings. The number of rotatable bonds is 11. The van der Waals surface area contributed by atoms with Gasteiger partial charge in [0.1, 0.15) is 17.3 Å². The fraction of sp³-hybridized carbons (Fsp3) is 0.484. The normalized spacial score (nSPS) is 19.6. The van der Waals surface area contributed by atoms with Crippen LogP contribution in [0.4, 0.5) is 0 Å². The van der Waals surface area contributed by atoms with Crippen LogP contribution in [0.25, 0.3) is 5.76 Å². The van der Waals surface area contributed by atoms with E-state index >= 15 is 0 Å². The van der Waals surface area contributed by atoms with Crippen molar-refractivity contribution in [3.05, 3.63) is 64.7 Å². The van der Waals surface area contributed by atoms with Crippen LogP contribution in [0.15, 0.2) is 48.0 Å². The Morgan fingerprint density at radius 1 is 1.05 bits per heavy atom. The lowest BCUT2D eigenvalue weighted by Gasteiger charge is -2.29. The number of nitrogens with zero attached hydrogens (tertiary/aromatic N) is 2. The molecule has 1 atom stereocenters. The summed E-state index contributed by atoms with van der Waals surface area (Å²) in [7, 11) is 0. The van der Waals surface area contributed by atoms with Crippen molar-refractivity contribution in [3.8, 4) is 11.5 Å². The van der Waals surface area contributed by atoms with Crippen molar-refractivity contribution < 1.29 is 28.9 Å². The van der Waals surface area contributed by atoms with Crippen LogP contribution in [-0.2, 0) is 14.3 Å². The van der Waals surface area contributed by atoms with Crippen molar-refractivity contribution in [1.29, 1.82) is 0 Å². The number of carbonyl (C=O) groups is 2. The molecule has 1 amide bonds. The quantitative estimate of drug-likeness (QED) is 0.256. The van der Waals surface area contributed by atoms with Gasteiger partial charge in [0, 0.05) is 31.7 Å². The third kappa shape index (κ3) is 6.81. The molecule has 210 valence electrons. The van der Waals surface area contributed by atoms with Crippen molar-refractivity contribution in [1.82, 2.24) is 9.80 Å². The number of aliphatic hydroxyl groups is 1. The summed E-state index contributed by atoms with van der Waals surface area (Å²) in [5, 5.41) is 11.5. The van der Waals surface area contributed by atoms with Crippen LogP contribution in [0.2, 0.25) is 0 Å². The van der Waals surface area contributed by atoms with Gasteiger partial charge in [-0.3, -0.25) is 14.5 Å². The monoisotopic (exact) mass is 536 g/mol. The number of hydrogen-bond acceptors (Lipinski definition) is 7. The van der Waals surface area contributed by atoms with Gasteiger partial charge in [-0.1, -0.05) is 26.0 Å². The number of ether oxygens (including phenoxy) is 3. The summed E-state index contributed by atoms with van der Waals surface area (Å²) in [6.45, 7) is 13.4. The molecule has 4 rings (SSSR count). The standard InChI is InChI=1S/C31H40N2O6/c1-5-38-25-10-7-23(8-11-25)28-27(29(34)24-9-12-26(22(4)19-24)39-20-21(2)3)30(35)31(36)33(28)14-6-13-32-15-17-37-18-16-32/h7-12,19,21,28,34H,5-6,13-18,20H2,1-4H3/t28-/m1/s1. The van der Waals surface area contributed by atoms with E-state index in [9.17, 15) is 14.7 Å². The third-order valence-corrected chi connectivity index (χ3v) is 7.04. The Morgan fingerprint density at radius 3 is 2.41 bits per heavy atom. The van der Waals surface area contributed by atoms with E-state index < -0.39 is 17.7 Å². The first-order valence-corrected chi connectivity index (χ1v) is 13.8. The lowest BCUT2D eigenvalue weighted by Crippen LogP contribution is -2.38. The molecule has 1 N–H and O–H groups in total. The maximum atomic E-state index is 13.4. The minimum Gasteiger partial charge on any atom is -0.507 e. The molecule has 0 spiro atoms. The van der Waals surface area contributed by atoms with Crippen molar-refractivity contribution in [2.24, 2.45) is 5.92 Å². The zero-order chi connectivity index (χ0) is 27.9. The summed E-state index contributed by atoms with van der Waals surface area (Å²) in [6.07, 6.45) is 0.710. The van der Waals surface area contributed by atoms with Crippen LogP contribution in [0, 0.1) is 12.8 Å². The summed E-state index contributed by atoms with van der Waals surface area (Å²) in [5.74, 6) is 0.374. The Bertz CT molecular complexity index is 1180. The molecule has 2 fully saturated rings. The SMILES string of the molecule is CCOc1ccc([C@@H]2C(=C(O)c3ccc(OCC(C)C)c(C)c3)C(=O)C(=O)N2CCCN2CCOCC2)cc1. The molecule has 2 aliphatic rings. The summed E-state index contributed by atoms with van der Waals surface area (Å²) in [6, 6.07) is 12.0. The molecule has 0 aromatic heterocycles. The second-order valence-electron chi connectivity index (χ2n) is 10.5. The number of amides is 1. The number of aliphatic hydroxyl groups excluding tert-OH is 1. The van der Waals surface area contributed by atoms with Crippen LogP contribution in [-0.4, -0.2) is 79.2 Å². The number of morpholine rings is 1. The van der Waals surface area contributed by atoms with Crippen LogP contribution in [0.1, 0.15) is 49.9 Å².